The van der Waals surface area contributed by atoms with Crippen molar-refractivity contribution in [1.82, 2.24) is 9.78 Å². The number of alkyl halides is 1. The Kier molecular flexibility index (Phi) is 4.11. The van der Waals surface area contributed by atoms with Crippen LogP contribution in [0.15, 0.2) is 4.47 Å². The number of hydrogen-bond acceptors (Lipinski definition) is 2. The maximum absolute atomic E-state index is 14.9. The van der Waals surface area contributed by atoms with E-state index in [9.17, 15) is 4.39 Å². The molecule has 0 radical (unpaired) electrons. The van der Waals surface area contributed by atoms with Gasteiger partial charge in [-0.25, -0.2) is 4.39 Å². The van der Waals surface area contributed by atoms with Gasteiger partial charge in [-0.3, -0.25) is 4.68 Å². The molecule has 0 aliphatic heterocycles. The van der Waals surface area contributed by atoms with Gasteiger partial charge in [-0.15, -0.1) is 0 Å². The predicted molar refractivity (Wildman–Crippen MR) is 74.3 cm³/mol. The molecular formula is C13H21BrFN3. The van der Waals surface area contributed by atoms with Gasteiger partial charge in [0.15, 0.2) is 0 Å². The van der Waals surface area contributed by atoms with E-state index in [1.807, 2.05) is 18.5 Å². The molecule has 1 fully saturated rings. The highest BCUT2D eigenvalue weighted by molar-refractivity contribution is 9.10. The molecule has 2 rings (SSSR count). The third kappa shape index (κ3) is 2.77. The summed E-state index contributed by atoms with van der Waals surface area (Å²) in [6, 6.07) is 0.00150. The lowest BCUT2D eigenvalue weighted by atomic mass is 9.80. The van der Waals surface area contributed by atoms with E-state index >= 15 is 0 Å². The quantitative estimate of drug-likeness (QED) is 0.930. The Balaban J connectivity index is 2.22. The molecule has 102 valence electrons. The van der Waals surface area contributed by atoms with Crippen molar-refractivity contribution < 1.29 is 4.39 Å². The van der Waals surface area contributed by atoms with Crippen molar-refractivity contribution in [1.29, 1.82) is 0 Å². The summed E-state index contributed by atoms with van der Waals surface area (Å²) in [6.45, 7) is 4.74. The smallest absolute Gasteiger partial charge is 0.118 e. The lowest BCUT2D eigenvalue weighted by Crippen LogP contribution is -2.40. The molecule has 18 heavy (non-hydrogen) atoms. The van der Waals surface area contributed by atoms with E-state index in [4.69, 9.17) is 5.73 Å². The van der Waals surface area contributed by atoms with Crippen LogP contribution in [0.5, 0.6) is 0 Å². The molecular weight excluding hydrogens is 297 g/mol. The molecule has 0 amide bonds. The van der Waals surface area contributed by atoms with Crippen LogP contribution in [-0.4, -0.2) is 21.5 Å². The third-order valence-electron chi connectivity index (χ3n) is 3.76. The molecule has 2 N–H and O–H groups in total. The Hall–Kier alpha value is -0.420. The van der Waals surface area contributed by atoms with Crippen molar-refractivity contribution in [2.24, 2.45) is 5.73 Å². The molecule has 0 spiro atoms. The van der Waals surface area contributed by atoms with E-state index in [-0.39, 0.29) is 6.04 Å². The Morgan fingerprint density at radius 1 is 1.61 bits per heavy atom. The summed E-state index contributed by atoms with van der Waals surface area (Å²) >= 11 is 3.53. The number of aromatic nitrogens is 2. The number of nitrogens with zero attached hydrogens (tertiary/aromatic N) is 2. The molecule has 5 heteroatoms. The summed E-state index contributed by atoms with van der Waals surface area (Å²) in [5.74, 6) is 0. The van der Waals surface area contributed by atoms with Gasteiger partial charge in [-0.1, -0.05) is 0 Å². The fourth-order valence-electron chi connectivity index (χ4n) is 2.85. The first-order valence-corrected chi connectivity index (χ1v) is 7.41. The molecule has 2 atom stereocenters. The molecule has 1 heterocycles. The van der Waals surface area contributed by atoms with Crippen LogP contribution in [0.1, 0.15) is 44.0 Å². The minimum absolute atomic E-state index is 0.00150. The van der Waals surface area contributed by atoms with Crippen LogP contribution in [-0.2, 0) is 13.0 Å². The topological polar surface area (TPSA) is 43.8 Å². The SMILES string of the molecule is CCn1nc(C)c(Br)c1CC1(F)CCCC(N)C1. The molecule has 0 aromatic carbocycles. The molecule has 0 saturated heterocycles. The Morgan fingerprint density at radius 3 is 2.94 bits per heavy atom. The minimum Gasteiger partial charge on any atom is -0.328 e. The monoisotopic (exact) mass is 317 g/mol. The normalized spacial score (nSPS) is 28.6. The van der Waals surface area contributed by atoms with Crippen LogP contribution < -0.4 is 5.73 Å². The second-order valence-electron chi connectivity index (χ2n) is 5.35. The fourth-order valence-corrected chi connectivity index (χ4v) is 3.28. The van der Waals surface area contributed by atoms with Crippen LogP contribution in [0.3, 0.4) is 0 Å². The van der Waals surface area contributed by atoms with Crippen molar-refractivity contribution in [2.75, 3.05) is 0 Å². The first-order valence-electron chi connectivity index (χ1n) is 6.61. The second-order valence-corrected chi connectivity index (χ2v) is 6.14. The number of rotatable bonds is 3. The van der Waals surface area contributed by atoms with Gasteiger partial charge < -0.3 is 5.73 Å². The lowest BCUT2D eigenvalue weighted by Gasteiger charge is -2.33. The molecule has 3 nitrogen and oxygen atoms in total. The van der Waals surface area contributed by atoms with Crippen molar-refractivity contribution in [2.45, 2.75) is 64.2 Å². The van der Waals surface area contributed by atoms with E-state index in [2.05, 4.69) is 21.0 Å². The molecule has 0 bridgehead atoms. The predicted octanol–water partition coefficient (Wildman–Crippen LogP) is 3.13. The number of hydrogen-bond donors (Lipinski definition) is 1. The van der Waals surface area contributed by atoms with E-state index in [1.54, 1.807) is 0 Å². The van der Waals surface area contributed by atoms with Crippen LogP contribution in [0, 0.1) is 6.92 Å². The van der Waals surface area contributed by atoms with Crippen LogP contribution in [0.2, 0.25) is 0 Å². The van der Waals surface area contributed by atoms with E-state index < -0.39 is 5.67 Å². The van der Waals surface area contributed by atoms with Gasteiger partial charge >= 0.3 is 0 Å². The minimum atomic E-state index is -1.17. The van der Waals surface area contributed by atoms with Gasteiger partial charge in [0.05, 0.1) is 15.9 Å². The molecule has 1 saturated carbocycles. The average molecular weight is 318 g/mol. The Labute approximate surface area is 116 Å². The van der Waals surface area contributed by atoms with Crippen LogP contribution in [0.4, 0.5) is 4.39 Å². The zero-order chi connectivity index (χ0) is 13.3. The second kappa shape index (κ2) is 5.29. The summed E-state index contributed by atoms with van der Waals surface area (Å²) < 4.78 is 17.7. The maximum atomic E-state index is 14.9. The number of nitrogens with two attached hydrogens (primary N) is 1. The van der Waals surface area contributed by atoms with Crippen molar-refractivity contribution >= 4 is 15.9 Å². The summed E-state index contributed by atoms with van der Waals surface area (Å²) in [5, 5.41) is 4.42. The van der Waals surface area contributed by atoms with Gasteiger partial charge in [0.25, 0.3) is 0 Å². The Bertz CT molecular complexity index is 432. The van der Waals surface area contributed by atoms with Gasteiger partial charge in [-0.05, 0) is 55.5 Å². The van der Waals surface area contributed by atoms with Crippen molar-refractivity contribution in [3.63, 3.8) is 0 Å². The van der Waals surface area contributed by atoms with Crippen molar-refractivity contribution in [3.8, 4) is 0 Å². The van der Waals surface area contributed by atoms with E-state index in [0.29, 0.717) is 19.3 Å². The van der Waals surface area contributed by atoms with Gasteiger partial charge in [0, 0.05) is 19.0 Å². The van der Waals surface area contributed by atoms with Crippen LogP contribution in [0.25, 0.3) is 0 Å². The highest BCUT2D eigenvalue weighted by Gasteiger charge is 2.37. The first-order chi connectivity index (χ1) is 8.45. The van der Waals surface area contributed by atoms with E-state index in [1.165, 1.54) is 0 Å². The average Bonchev–Trinajstić information content (AvgIpc) is 2.56. The molecule has 1 aromatic heterocycles. The zero-order valence-corrected chi connectivity index (χ0v) is 12.6. The number of halogens is 2. The van der Waals surface area contributed by atoms with Gasteiger partial charge in [0.2, 0.25) is 0 Å². The number of aryl methyl sites for hydroxylation is 2. The summed E-state index contributed by atoms with van der Waals surface area (Å²) in [4.78, 5) is 0. The summed E-state index contributed by atoms with van der Waals surface area (Å²) in [6.07, 6.45) is 3.32. The maximum Gasteiger partial charge on any atom is 0.118 e. The zero-order valence-electron chi connectivity index (χ0n) is 11.0. The molecule has 2 unspecified atom stereocenters. The van der Waals surface area contributed by atoms with E-state index in [0.717, 1.165) is 35.2 Å². The largest absolute Gasteiger partial charge is 0.328 e. The fraction of sp³-hybridized carbons (Fsp3) is 0.769. The van der Waals surface area contributed by atoms with Gasteiger partial charge in [-0.2, -0.15) is 5.10 Å². The molecule has 1 aromatic rings. The van der Waals surface area contributed by atoms with Crippen molar-refractivity contribution in [3.05, 3.63) is 15.9 Å². The first kappa shape index (κ1) is 14.0. The summed E-state index contributed by atoms with van der Waals surface area (Å²) in [7, 11) is 0. The molecule has 1 aliphatic carbocycles. The molecule has 1 aliphatic rings. The van der Waals surface area contributed by atoms with Crippen LogP contribution >= 0.6 is 15.9 Å². The van der Waals surface area contributed by atoms with Gasteiger partial charge in [0.1, 0.15) is 5.67 Å². The lowest BCUT2D eigenvalue weighted by molar-refractivity contribution is 0.0938. The highest BCUT2D eigenvalue weighted by atomic mass is 79.9. The summed E-state index contributed by atoms with van der Waals surface area (Å²) in [5.41, 5.74) is 6.63. The highest BCUT2D eigenvalue weighted by Crippen LogP contribution is 2.36. The Morgan fingerprint density at radius 2 is 2.33 bits per heavy atom. The standard InChI is InChI=1S/C13H21BrFN3/c1-3-18-11(12(14)9(2)17-18)8-13(15)6-4-5-10(16)7-13/h10H,3-8,16H2,1-2H3. The third-order valence-corrected chi connectivity index (χ3v) is 4.80.